The smallest absolute Gasteiger partial charge is 0.317 e. The second-order valence-corrected chi connectivity index (χ2v) is 11.3. The van der Waals surface area contributed by atoms with Gasteiger partial charge in [0.15, 0.2) is 5.78 Å². The summed E-state index contributed by atoms with van der Waals surface area (Å²) in [4.78, 5) is 28.9. The molecule has 9 heteroatoms. The first kappa shape index (κ1) is 26.0. The zero-order valence-corrected chi connectivity index (χ0v) is 21.6. The van der Waals surface area contributed by atoms with E-state index in [1.807, 2.05) is 4.90 Å². The van der Waals surface area contributed by atoms with E-state index in [1.54, 1.807) is 0 Å². The normalized spacial score (nSPS) is 32.9. The molecule has 0 amide bonds. The Balaban J connectivity index is 1.54. The number of ketones is 1. The van der Waals surface area contributed by atoms with Gasteiger partial charge in [0.2, 0.25) is 0 Å². The molecule has 1 aliphatic carbocycles. The van der Waals surface area contributed by atoms with Gasteiger partial charge in [-0.3, -0.25) is 14.5 Å². The number of hydrazine groups is 1. The second kappa shape index (κ2) is 11.4. The molecule has 200 valence electrons. The van der Waals surface area contributed by atoms with Crippen molar-refractivity contribution in [3.8, 4) is 0 Å². The standard InChI is InChI=1S/C27H44N6O3/c34-24(35)21-31-18-19-33(32-16-14-30-15-17-32)23(20-31)27(6-2-1-3-7-27)25(36)26(8-12-29-13-9-26)22-4-10-28-11-5-22/h1-3,6,22-23,28-30H,4-5,7-21H2,(H,34,35). The van der Waals surface area contributed by atoms with Gasteiger partial charge < -0.3 is 21.1 Å². The summed E-state index contributed by atoms with van der Waals surface area (Å²) in [5, 5.41) is 24.9. The Morgan fingerprint density at radius 3 is 2.25 bits per heavy atom. The number of carboxylic acid groups (broad SMARTS) is 1. The molecule has 0 aromatic rings. The minimum Gasteiger partial charge on any atom is -0.480 e. The Hall–Kier alpha value is -1.62. The van der Waals surface area contributed by atoms with Crippen LogP contribution in [0.1, 0.15) is 32.1 Å². The molecule has 5 aliphatic rings. The van der Waals surface area contributed by atoms with Crippen LogP contribution in [0.5, 0.6) is 0 Å². The lowest BCUT2D eigenvalue weighted by atomic mass is 9.54. The summed E-state index contributed by atoms with van der Waals surface area (Å²) in [5.41, 5.74) is -0.980. The van der Waals surface area contributed by atoms with E-state index in [4.69, 9.17) is 0 Å². The molecule has 5 rings (SSSR count). The molecule has 0 spiro atoms. The van der Waals surface area contributed by atoms with Crippen LogP contribution >= 0.6 is 0 Å². The van der Waals surface area contributed by atoms with E-state index in [0.717, 1.165) is 84.6 Å². The highest BCUT2D eigenvalue weighted by molar-refractivity contribution is 5.94. The number of piperazine rings is 2. The number of carboxylic acids is 1. The molecular formula is C27H44N6O3. The highest BCUT2D eigenvalue weighted by atomic mass is 16.4. The fraction of sp³-hybridized carbons (Fsp3) is 0.778. The summed E-state index contributed by atoms with van der Waals surface area (Å²) in [7, 11) is 0. The number of nitrogens with zero attached hydrogens (tertiary/aromatic N) is 3. The molecule has 36 heavy (non-hydrogen) atoms. The number of piperidine rings is 2. The molecule has 0 radical (unpaired) electrons. The topological polar surface area (TPSA) is 100 Å². The summed E-state index contributed by atoms with van der Waals surface area (Å²) in [6, 6.07) is -0.0779. The highest BCUT2D eigenvalue weighted by Gasteiger charge is 2.58. The van der Waals surface area contributed by atoms with Gasteiger partial charge in [0.1, 0.15) is 0 Å². The van der Waals surface area contributed by atoms with Gasteiger partial charge in [0.05, 0.1) is 18.0 Å². The molecule has 0 aromatic heterocycles. The Bertz CT molecular complexity index is 844. The van der Waals surface area contributed by atoms with E-state index in [9.17, 15) is 9.90 Å². The first-order valence-electron chi connectivity index (χ1n) is 14.0. The SMILES string of the molecule is O=C(O)CN1CCN(N2CCNCC2)C(C2(C(=O)C3(C4CCNCC4)CCNCC3)C=CC=CC2)C1. The van der Waals surface area contributed by atoms with Crippen LogP contribution in [0.3, 0.4) is 0 Å². The second-order valence-electron chi connectivity index (χ2n) is 11.3. The molecule has 0 saturated carbocycles. The Labute approximate surface area is 215 Å². The minimum atomic E-state index is -0.798. The number of aliphatic carboxylic acids is 1. The summed E-state index contributed by atoms with van der Waals surface area (Å²) in [6.07, 6.45) is 13.1. The van der Waals surface area contributed by atoms with E-state index in [2.05, 4.69) is 50.3 Å². The zero-order chi connectivity index (χ0) is 25.0. The largest absolute Gasteiger partial charge is 0.480 e. The maximum absolute atomic E-state index is 15.2. The number of hydrogen-bond donors (Lipinski definition) is 4. The van der Waals surface area contributed by atoms with Crippen LogP contribution in [0.25, 0.3) is 0 Å². The molecule has 4 aliphatic heterocycles. The maximum atomic E-state index is 15.2. The van der Waals surface area contributed by atoms with E-state index >= 15 is 4.79 Å². The Kier molecular flexibility index (Phi) is 8.24. The average molecular weight is 501 g/mol. The summed E-state index contributed by atoms with van der Waals surface area (Å²) < 4.78 is 0. The molecule has 0 aromatic carbocycles. The van der Waals surface area contributed by atoms with Crippen LogP contribution in [-0.2, 0) is 9.59 Å². The van der Waals surface area contributed by atoms with Gasteiger partial charge in [0, 0.05) is 51.2 Å². The highest BCUT2D eigenvalue weighted by Crippen LogP contribution is 2.51. The lowest BCUT2D eigenvalue weighted by molar-refractivity contribution is -0.165. The lowest BCUT2D eigenvalue weighted by Crippen LogP contribution is -2.69. The Morgan fingerprint density at radius 1 is 0.889 bits per heavy atom. The number of carbonyl (C=O) groups excluding carboxylic acids is 1. The third-order valence-corrected chi connectivity index (χ3v) is 9.43. The van der Waals surface area contributed by atoms with Crippen LogP contribution in [-0.4, -0.2) is 116 Å². The van der Waals surface area contributed by atoms with Crippen LogP contribution < -0.4 is 16.0 Å². The zero-order valence-electron chi connectivity index (χ0n) is 21.6. The lowest BCUT2D eigenvalue weighted by Gasteiger charge is -2.56. The van der Waals surface area contributed by atoms with Gasteiger partial charge in [-0.2, -0.15) is 0 Å². The van der Waals surface area contributed by atoms with Crippen LogP contribution in [0.15, 0.2) is 24.3 Å². The van der Waals surface area contributed by atoms with Crippen LogP contribution in [0, 0.1) is 16.7 Å². The summed E-state index contributed by atoms with van der Waals surface area (Å²) in [6.45, 7) is 9.55. The predicted octanol–water partition coefficient (Wildman–Crippen LogP) is 0.318. The number of carbonyl (C=O) groups is 2. The number of hydrogen-bond acceptors (Lipinski definition) is 8. The van der Waals surface area contributed by atoms with Gasteiger partial charge in [-0.1, -0.05) is 24.3 Å². The van der Waals surface area contributed by atoms with Gasteiger partial charge >= 0.3 is 5.97 Å². The van der Waals surface area contributed by atoms with Crippen molar-refractivity contribution in [2.24, 2.45) is 16.7 Å². The molecule has 4 saturated heterocycles. The number of allylic oxidation sites excluding steroid dienone is 3. The predicted molar refractivity (Wildman–Crippen MR) is 139 cm³/mol. The minimum absolute atomic E-state index is 0.0269. The van der Waals surface area contributed by atoms with Crippen LogP contribution in [0.2, 0.25) is 0 Å². The molecule has 4 heterocycles. The number of nitrogens with one attached hydrogen (secondary N) is 3. The molecule has 2 atom stereocenters. The maximum Gasteiger partial charge on any atom is 0.317 e. The summed E-state index contributed by atoms with van der Waals surface area (Å²) >= 11 is 0. The summed E-state index contributed by atoms with van der Waals surface area (Å²) in [5.74, 6) is 0.00977. The van der Waals surface area contributed by atoms with E-state index in [0.29, 0.717) is 31.2 Å². The Morgan fingerprint density at radius 2 is 1.58 bits per heavy atom. The number of rotatable bonds is 7. The van der Waals surface area contributed by atoms with Gasteiger partial charge in [-0.15, -0.1) is 0 Å². The molecule has 4 N–H and O–H groups in total. The fourth-order valence-electron chi connectivity index (χ4n) is 7.58. The first-order valence-corrected chi connectivity index (χ1v) is 14.0. The van der Waals surface area contributed by atoms with Gasteiger partial charge in [-0.05, 0) is 64.2 Å². The molecular weight excluding hydrogens is 456 g/mol. The van der Waals surface area contributed by atoms with E-state index in [1.165, 1.54) is 0 Å². The number of Topliss-reactive ketones (excluding diaryl/α,β-unsaturated/α-hetero) is 1. The van der Waals surface area contributed by atoms with Crippen molar-refractivity contribution in [3.63, 3.8) is 0 Å². The van der Waals surface area contributed by atoms with Gasteiger partial charge in [-0.25, -0.2) is 10.0 Å². The third kappa shape index (κ3) is 5.06. The van der Waals surface area contributed by atoms with E-state index < -0.39 is 11.4 Å². The third-order valence-electron chi connectivity index (χ3n) is 9.43. The monoisotopic (exact) mass is 500 g/mol. The van der Waals surface area contributed by atoms with Crippen molar-refractivity contribution in [2.45, 2.75) is 38.1 Å². The first-order chi connectivity index (χ1) is 17.6. The molecule has 0 bridgehead atoms. The molecule has 2 unspecified atom stereocenters. The molecule has 4 fully saturated rings. The van der Waals surface area contributed by atoms with Crippen molar-refractivity contribution in [2.75, 3.05) is 78.5 Å². The van der Waals surface area contributed by atoms with Crippen molar-refractivity contribution >= 4 is 11.8 Å². The van der Waals surface area contributed by atoms with Crippen molar-refractivity contribution in [1.82, 2.24) is 30.9 Å². The van der Waals surface area contributed by atoms with E-state index in [-0.39, 0.29) is 18.0 Å². The van der Waals surface area contributed by atoms with Crippen LogP contribution in [0.4, 0.5) is 0 Å². The van der Waals surface area contributed by atoms with Gasteiger partial charge in [0.25, 0.3) is 0 Å². The average Bonchev–Trinajstić information content (AvgIpc) is 2.94. The fourth-order valence-corrected chi connectivity index (χ4v) is 7.58. The quantitative estimate of drug-likeness (QED) is 0.394. The van der Waals surface area contributed by atoms with Crippen molar-refractivity contribution in [3.05, 3.63) is 24.3 Å². The van der Waals surface area contributed by atoms with Crippen molar-refractivity contribution < 1.29 is 14.7 Å². The molecule has 9 nitrogen and oxygen atoms in total. The van der Waals surface area contributed by atoms with Crippen molar-refractivity contribution in [1.29, 1.82) is 0 Å².